The third-order valence-electron chi connectivity index (χ3n) is 5.32. The molecule has 0 atom stereocenters. The van der Waals surface area contributed by atoms with Gasteiger partial charge in [0.05, 0.1) is 0 Å². The first-order chi connectivity index (χ1) is 14.1. The molecule has 0 N–H and O–H groups in total. The quantitative estimate of drug-likeness (QED) is 0.280. The fraction of sp³-hybridized carbons (Fsp3) is 0.379. The molecule has 172 valence electrons. The molecule has 0 fully saturated rings. The van der Waals surface area contributed by atoms with Crippen LogP contribution in [0.4, 0.5) is 0 Å². The van der Waals surface area contributed by atoms with Gasteiger partial charge in [0.25, 0.3) is 0 Å². The van der Waals surface area contributed by atoms with Crippen LogP contribution in [0.2, 0.25) is 0 Å². The minimum atomic E-state index is 0. The van der Waals surface area contributed by atoms with Crippen LogP contribution < -0.4 is 0 Å². The normalized spacial score (nSPS) is 11.6. The SMILES string of the molecule is C[C](C)=[Zr+2].Cc1cc(C(C)C)cc2c3cc(C(C)C)c[c-](C)c-3cc12.Cl.Cl.[C-]1=CC=CC1. The molecule has 3 aliphatic carbocycles. The van der Waals surface area contributed by atoms with Gasteiger partial charge in [-0.3, -0.25) is 6.08 Å². The Bertz CT molecular complexity index is 1020. The van der Waals surface area contributed by atoms with Crippen LogP contribution in [0.25, 0.3) is 21.9 Å². The minimum absolute atomic E-state index is 0. The summed E-state index contributed by atoms with van der Waals surface area (Å²) in [6.07, 6.45) is 10.0. The summed E-state index contributed by atoms with van der Waals surface area (Å²) in [5, 5.41) is 2.85. The van der Waals surface area contributed by atoms with Gasteiger partial charge in [-0.25, -0.2) is 12.2 Å². The average Bonchev–Trinajstić information content (AvgIpc) is 3.33. The van der Waals surface area contributed by atoms with Crippen molar-refractivity contribution in [3.8, 4) is 11.1 Å². The molecule has 3 heteroatoms. The third kappa shape index (κ3) is 8.48. The number of aryl methyl sites for hydroxylation is 2. The molecule has 0 saturated heterocycles. The Labute approximate surface area is 223 Å². The fourth-order valence-electron chi connectivity index (χ4n) is 3.63. The summed E-state index contributed by atoms with van der Waals surface area (Å²) in [5.41, 5.74) is 8.54. The Morgan fingerprint density at radius 3 is 1.97 bits per heavy atom. The van der Waals surface area contributed by atoms with Crippen LogP contribution in [-0.2, 0) is 24.2 Å². The third-order valence-corrected chi connectivity index (χ3v) is 5.32. The minimum Gasteiger partial charge on any atom is -0.273 e. The Morgan fingerprint density at radius 2 is 1.53 bits per heavy atom. The summed E-state index contributed by atoms with van der Waals surface area (Å²) in [5.74, 6) is 1.15. The molecule has 0 spiro atoms. The van der Waals surface area contributed by atoms with E-state index in [0.29, 0.717) is 11.8 Å². The Hall–Kier alpha value is -0.877. The van der Waals surface area contributed by atoms with Crippen molar-refractivity contribution in [1.82, 2.24) is 0 Å². The summed E-state index contributed by atoms with van der Waals surface area (Å²) >= 11 is 1.55. The van der Waals surface area contributed by atoms with E-state index in [0.717, 1.165) is 6.42 Å². The summed E-state index contributed by atoms with van der Waals surface area (Å²) < 4.78 is 1.51. The van der Waals surface area contributed by atoms with Gasteiger partial charge in [-0.1, -0.05) is 69.0 Å². The Balaban J connectivity index is 0.000000739. The van der Waals surface area contributed by atoms with Crippen LogP contribution in [0.5, 0.6) is 0 Å². The molecule has 0 heterocycles. The Morgan fingerprint density at radius 1 is 0.938 bits per heavy atom. The first-order valence-electron chi connectivity index (χ1n) is 11.0. The van der Waals surface area contributed by atoms with Crippen LogP contribution in [-0.4, -0.2) is 3.21 Å². The van der Waals surface area contributed by atoms with E-state index in [4.69, 9.17) is 0 Å². The second-order valence-electron chi connectivity index (χ2n) is 9.05. The molecular weight excluding hydrogens is 510 g/mol. The second kappa shape index (κ2) is 14.4. The van der Waals surface area contributed by atoms with Gasteiger partial charge in [-0.15, -0.1) is 71.7 Å². The molecule has 0 aromatic heterocycles. The van der Waals surface area contributed by atoms with Crippen LogP contribution >= 0.6 is 24.8 Å². The number of fused-ring (bicyclic) bond motifs is 3. The predicted molar refractivity (Wildman–Crippen MR) is 146 cm³/mol. The molecule has 1 aromatic carbocycles. The van der Waals surface area contributed by atoms with Crippen molar-refractivity contribution in [2.24, 2.45) is 0 Å². The van der Waals surface area contributed by atoms with Gasteiger partial charge in [0.15, 0.2) is 0 Å². The number of halogens is 2. The molecular formula is C29H38Cl2Zr. The monoisotopic (exact) mass is 546 g/mol. The number of benzene rings is 2. The van der Waals surface area contributed by atoms with E-state index in [1.54, 1.807) is 24.2 Å². The zero-order chi connectivity index (χ0) is 22.4. The van der Waals surface area contributed by atoms with Crippen molar-refractivity contribution >= 4 is 38.8 Å². The molecule has 0 radical (unpaired) electrons. The number of rotatable bonds is 2. The van der Waals surface area contributed by atoms with Crippen molar-refractivity contribution in [1.29, 1.82) is 0 Å². The first kappa shape index (κ1) is 31.1. The number of hydrogen-bond donors (Lipinski definition) is 0. The fourth-order valence-corrected chi connectivity index (χ4v) is 3.63. The van der Waals surface area contributed by atoms with E-state index in [2.05, 4.69) is 97.9 Å². The molecule has 0 amide bonds. The molecule has 0 nitrogen and oxygen atoms in total. The summed E-state index contributed by atoms with van der Waals surface area (Å²) in [4.78, 5) is 0. The van der Waals surface area contributed by atoms with Crippen LogP contribution in [0, 0.1) is 19.9 Å². The molecule has 1 aromatic rings. The van der Waals surface area contributed by atoms with Crippen LogP contribution in [0.1, 0.15) is 82.1 Å². The van der Waals surface area contributed by atoms with E-state index >= 15 is 0 Å². The van der Waals surface area contributed by atoms with Crippen LogP contribution in [0.3, 0.4) is 0 Å². The number of hydrogen-bond acceptors (Lipinski definition) is 0. The largest absolute Gasteiger partial charge is 0.273 e. The molecule has 4 rings (SSSR count). The van der Waals surface area contributed by atoms with Gasteiger partial charge in [0.2, 0.25) is 0 Å². The van der Waals surface area contributed by atoms with Crippen molar-refractivity contribution in [3.63, 3.8) is 0 Å². The molecule has 0 bridgehead atoms. The molecule has 0 unspecified atom stereocenters. The van der Waals surface area contributed by atoms with Gasteiger partial charge in [0, 0.05) is 0 Å². The zero-order valence-corrected chi connectivity index (χ0v) is 24.9. The maximum atomic E-state index is 2.99. The topological polar surface area (TPSA) is 0 Å². The van der Waals surface area contributed by atoms with Crippen molar-refractivity contribution in [2.45, 2.75) is 73.6 Å². The molecule has 32 heavy (non-hydrogen) atoms. The van der Waals surface area contributed by atoms with Crippen molar-refractivity contribution < 1.29 is 24.2 Å². The van der Waals surface area contributed by atoms with Gasteiger partial charge >= 0.3 is 41.3 Å². The predicted octanol–water partition coefficient (Wildman–Crippen LogP) is 9.42. The average molecular weight is 549 g/mol. The summed E-state index contributed by atoms with van der Waals surface area (Å²) in [7, 11) is 0. The van der Waals surface area contributed by atoms with E-state index in [9.17, 15) is 0 Å². The van der Waals surface area contributed by atoms with Crippen molar-refractivity contribution in [3.05, 3.63) is 76.9 Å². The van der Waals surface area contributed by atoms with Gasteiger partial charge in [-0.2, -0.15) is 6.08 Å². The molecule has 3 aliphatic rings. The first-order valence-corrected chi connectivity index (χ1v) is 12.2. The Kier molecular flexibility index (Phi) is 14.0. The second-order valence-corrected chi connectivity index (χ2v) is 11.5. The maximum Gasteiger partial charge on any atom is -0.0219 e. The number of allylic oxidation sites excluding steroid dienone is 4. The molecule has 0 aliphatic heterocycles. The van der Waals surface area contributed by atoms with Crippen LogP contribution in [0.15, 0.2) is 48.6 Å². The summed E-state index contributed by atoms with van der Waals surface area (Å²) in [6, 6.07) is 11.9. The van der Waals surface area contributed by atoms with E-state index < -0.39 is 0 Å². The summed E-state index contributed by atoms with van der Waals surface area (Å²) in [6.45, 7) is 17.8. The smallest absolute Gasteiger partial charge is 0.0219 e. The van der Waals surface area contributed by atoms with E-state index in [-0.39, 0.29) is 24.8 Å². The van der Waals surface area contributed by atoms with Gasteiger partial charge < -0.3 is 0 Å². The van der Waals surface area contributed by atoms with Crippen molar-refractivity contribution in [2.75, 3.05) is 0 Å². The van der Waals surface area contributed by atoms with Gasteiger partial charge in [0.1, 0.15) is 0 Å². The standard InChI is InChI=1S/C21H25.C5H5.C3H6.2ClH.Zr/c1-12(2)16-7-14(5)18-11-19-15(6)8-17(13(3)4)10-21(19)20(18)9-16;1-2-4-5-3-1;1-3-2;;;/h7-13H,1-6H3;1-3H,4H2;1-2H3;2*1H;/q2*-1;;;;+2. The van der Waals surface area contributed by atoms with E-state index in [1.165, 1.54) is 47.4 Å². The zero-order valence-electron chi connectivity index (χ0n) is 20.8. The maximum absolute atomic E-state index is 2.99. The molecule has 0 saturated carbocycles. The van der Waals surface area contributed by atoms with E-state index in [1.807, 2.05) is 12.2 Å². The van der Waals surface area contributed by atoms with Gasteiger partial charge in [-0.05, 0) is 18.4 Å².